The molecule has 0 bridgehead atoms. The average Bonchev–Trinajstić information content (AvgIpc) is 3.73. The fourth-order valence-electron chi connectivity index (χ4n) is 5.78. The standard InChI is InChI=1S/C34H34N6O4/c1-22(9-7-8-16-40-20-31(38-39-40)27(21-41)23-10-3-2-4-11-23)34(44)28-18-25(14-15-30(28)37-33(34)43)36-32(42)17-24-19-35-29-13-6-5-12-26(24)29/h2-7,9-15,18-20,22,27,35,41,44H,8,16-17,21H2,1H3,(H,36,42)(H,37,43)/b9-7+/t22-,27?,34+/m0/s1. The Labute approximate surface area is 254 Å². The molecule has 0 aliphatic carbocycles. The highest BCUT2D eigenvalue weighted by molar-refractivity contribution is 6.06. The van der Waals surface area contributed by atoms with Crippen LogP contribution in [0.1, 0.15) is 41.6 Å². The smallest absolute Gasteiger partial charge is 0.261 e. The topological polar surface area (TPSA) is 145 Å². The van der Waals surface area contributed by atoms with Crippen molar-refractivity contribution < 1.29 is 19.8 Å². The molecule has 3 atom stereocenters. The van der Waals surface area contributed by atoms with Crippen LogP contribution in [0, 0.1) is 5.92 Å². The quantitative estimate of drug-likeness (QED) is 0.143. The number of aromatic nitrogens is 4. The first kappa shape index (κ1) is 29.0. The molecule has 3 aromatic carbocycles. The summed E-state index contributed by atoms with van der Waals surface area (Å²) in [5.74, 6) is -1.51. The molecule has 0 saturated carbocycles. The van der Waals surface area contributed by atoms with E-state index in [1.165, 1.54) is 0 Å². The lowest BCUT2D eigenvalue weighted by Gasteiger charge is -2.26. The van der Waals surface area contributed by atoms with Gasteiger partial charge in [-0.05, 0) is 41.8 Å². The van der Waals surface area contributed by atoms with Crippen molar-refractivity contribution >= 4 is 34.1 Å². The molecule has 10 heteroatoms. The first-order valence-corrected chi connectivity index (χ1v) is 14.6. The van der Waals surface area contributed by atoms with Crippen molar-refractivity contribution in [1.29, 1.82) is 0 Å². The minimum atomic E-state index is -1.80. The zero-order valence-corrected chi connectivity index (χ0v) is 24.3. The van der Waals surface area contributed by atoms with Gasteiger partial charge < -0.3 is 25.8 Å². The summed E-state index contributed by atoms with van der Waals surface area (Å²) in [5, 5.41) is 36.7. The van der Waals surface area contributed by atoms with Crippen LogP contribution in [-0.4, -0.2) is 48.6 Å². The van der Waals surface area contributed by atoms with Crippen LogP contribution < -0.4 is 10.6 Å². The summed E-state index contributed by atoms with van der Waals surface area (Å²) in [5.41, 5.74) is 3.14. The van der Waals surface area contributed by atoms with Crippen LogP contribution in [0.2, 0.25) is 0 Å². The number of aliphatic hydroxyl groups is 2. The number of anilines is 2. The summed E-state index contributed by atoms with van der Waals surface area (Å²) in [7, 11) is 0. The zero-order valence-electron chi connectivity index (χ0n) is 24.3. The number of hydrogen-bond acceptors (Lipinski definition) is 6. The van der Waals surface area contributed by atoms with Gasteiger partial charge in [0.25, 0.3) is 5.91 Å². The normalized spacial score (nSPS) is 17.5. The first-order valence-electron chi connectivity index (χ1n) is 14.6. The van der Waals surface area contributed by atoms with E-state index in [9.17, 15) is 19.8 Å². The molecule has 0 spiro atoms. The van der Waals surface area contributed by atoms with Crippen LogP contribution in [0.3, 0.4) is 0 Å². The van der Waals surface area contributed by atoms with Gasteiger partial charge in [0.1, 0.15) is 0 Å². The van der Waals surface area contributed by atoms with Gasteiger partial charge in [-0.3, -0.25) is 14.3 Å². The maximum atomic E-state index is 13.0. The van der Waals surface area contributed by atoms with Crippen molar-refractivity contribution in [3.8, 4) is 0 Å². The van der Waals surface area contributed by atoms with Crippen molar-refractivity contribution in [2.24, 2.45) is 5.92 Å². The minimum Gasteiger partial charge on any atom is -0.395 e. The van der Waals surface area contributed by atoms with Crippen LogP contribution in [0.15, 0.2) is 97.3 Å². The second-order valence-electron chi connectivity index (χ2n) is 11.1. The van der Waals surface area contributed by atoms with Crippen LogP contribution >= 0.6 is 0 Å². The summed E-state index contributed by atoms with van der Waals surface area (Å²) in [4.78, 5) is 29.1. The fourth-order valence-corrected chi connectivity index (χ4v) is 5.78. The number of amides is 2. The molecule has 3 heterocycles. The zero-order chi connectivity index (χ0) is 30.7. The van der Waals surface area contributed by atoms with Gasteiger partial charge in [-0.25, -0.2) is 0 Å². The highest BCUT2D eigenvalue weighted by atomic mass is 16.3. The van der Waals surface area contributed by atoms with E-state index in [0.717, 1.165) is 22.0 Å². The molecular formula is C34H34N6O4. The molecule has 0 radical (unpaired) electrons. The number of benzene rings is 3. The van der Waals surface area contributed by atoms with Gasteiger partial charge in [0.15, 0.2) is 5.60 Å². The third kappa shape index (κ3) is 5.64. The van der Waals surface area contributed by atoms with E-state index in [0.29, 0.717) is 35.6 Å². The van der Waals surface area contributed by atoms with Crippen molar-refractivity contribution in [3.63, 3.8) is 0 Å². The number of rotatable bonds is 11. The lowest BCUT2D eigenvalue weighted by atomic mass is 9.82. The predicted molar refractivity (Wildman–Crippen MR) is 168 cm³/mol. The summed E-state index contributed by atoms with van der Waals surface area (Å²) in [6.07, 6.45) is 8.16. The molecule has 2 aromatic heterocycles. The van der Waals surface area contributed by atoms with Crippen LogP contribution in [0.5, 0.6) is 0 Å². The Morgan fingerprint density at radius 1 is 1.11 bits per heavy atom. The van der Waals surface area contributed by atoms with Crippen molar-refractivity contribution in [3.05, 3.63) is 120 Å². The number of allylic oxidation sites excluding steroid dienone is 1. The molecule has 2 amide bonds. The average molecular weight is 591 g/mol. The highest BCUT2D eigenvalue weighted by Gasteiger charge is 2.48. The number of para-hydroxylation sites is 1. The van der Waals surface area contributed by atoms with Gasteiger partial charge in [-0.2, -0.15) is 0 Å². The van der Waals surface area contributed by atoms with E-state index in [1.54, 1.807) is 29.8 Å². The molecule has 1 aliphatic rings. The predicted octanol–water partition coefficient (Wildman–Crippen LogP) is 4.49. The van der Waals surface area contributed by atoms with Gasteiger partial charge in [0.05, 0.1) is 24.6 Å². The number of carbonyl (C=O) groups excluding carboxylic acids is 2. The summed E-state index contributed by atoms with van der Waals surface area (Å²) in [6, 6.07) is 22.6. The summed E-state index contributed by atoms with van der Waals surface area (Å²) >= 11 is 0. The molecule has 10 nitrogen and oxygen atoms in total. The number of fused-ring (bicyclic) bond motifs is 2. The molecule has 44 heavy (non-hydrogen) atoms. The minimum absolute atomic E-state index is 0.0717. The maximum Gasteiger partial charge on any atom is 0.261 e. The second kappa shape index (κ2) is 12.3. The number of hydrogen-bond donors (Lipinski definition) is 5. The van der Waals surface area contributed by atoms with Gasteiger partial charge in [0.2, 0.25) is 5.91 Å². The second-order valence-corrected chi connectivity index (χ2v) is 11.1. The van der Waals surface area contributed by atoms with E-state index in [4.69, 9.17) is 0 Å². The number of carbonyl (C=O) groups is 2. The third-order valence-electron chi connectivity index (χ3n) is 8.24. The molecule has 1 unspecified atom stereocenters. The fraction of sp³-hybridized carbons (Fsp3) is 0.235. The molecule has 5 N–H and O–H groups in total. The van der Waals surface area contributed by atoms with E-state index >= 15 is 0 Å². The van der Waals surface area contributed by atoms with Gasteiger partial charge in [-0.15, -0.1) is 5.10 Å². The molecule has 5 aromatic rings. The maximum absolute atomic E-state index is 13.0. The van der Waals surface area contributed by atoms with Crippen LogP contribution in [0.4, 0.5) is 11.4 Å². The summed E-state index contributed by atoms with van der Waals surface area (Å²) in [6.45, 7) is 2.25. The van der Waals surface area contributed by atoms with Crippen LogP contribution in [-0.2, 0) is 28.2 Å². The number of aliphatic hydroxyl groups excluding tert-OH is 1. The largest absolute Gasteiger partial charge is 0.395 e. The lowest BCUT2D eigenvalue weighted by Crippen LogP contribution is -2.39. The Bertz CT molecular complexity index is 1830. The molecule has 224 valence electrons. The molecule has 6 rings (SSSR count). The van der Waals surface area contributed by atoms with Gasteiger partial charge >= 0.3 is 0 Å². The molecule has 0 saturated heterocycles. The Hall–Kier alpha value is -5.06. The van der Waals surface area contributed by atoms with Crippen molar-refractivity contribution in [2.45, 2.75) is 37.8 Å². The Morgan fingerprint density at radius 3 is 2.73 bits per heavy atom. The van der Waals surface area contributed by atoms with Crippen molar-refractivity contribution in [2.75, 3.05) is 17.2 Å². The molecule has 1 aliphatic heterocycles. The number of nitrogens with zero attached hydrogens (tertiary/aromatic N) is 3. The summed E-state index contributed by atoms with van der Waals surface area (Å²) < 4.78 is 1.72. The number of nitrogens with one attached hydrogen (secondary N) is 3. The Balaban J connectivity index is 1.10. The van der Waals surface area contributed by atoms with E-state index in [2.05, 4.69) is 25.9 Å². The number of H-pyrrole nitrogens is 1. The van der Waals surface area contributed by atoms with E-state index < -0.39 is 17.4 Å². The molecule has 0 fully saturated rings. The first-order chi connectivity index (χ1) is 21.4. The number of aryl methyl sites for hydroxylation is 1. The van der Waals surface area contributed by atoms with Gasteiger partial charge in [0, 0.05) is 52.7 Å². The van der Waals surface area contributed by atoms with Crippen LogP contribution in [0.25, 0.3) is 10.9 Å². The lowest BCUT2D eigenvalue weighted by molar-refractivity contribution is -0.137. The van der Waals surface area contributed by atoms with E-state index in [1.807, 2.05) is 79.1 Å². The molecular weight excluding hydrogens is 556 g/mol. The number of aromatic amines is 1. The highest BCUT2D eigenvalue weighted by Crippen LogP contribution is 2.43. The third-order valence-corrected chi connectivity index (χ3v) is 8.24. The SMILES string of the molecule is C[C@@H](/C=C/CCn1cc(C(CO)c2ccccc2)nn1)[C@]1(O)C(=O)Nc2ccc(NC(=O)Cc3c[nH]c4ccccc34)cc21. The Kier molecular flexibility index (Phi) is 8.10. The monoisotopic (exact) mass is 590 g/mol. The Morgan fingerprint density at radius 2 is 1.91 bits per heavy atom. The van der Waals surface area contributed by atoms with Crippen molar-refractivity contribution in [1.82, 2.24) is 20.0 Å². The van der Waals surface area contributed by atoms with E-state index in [-0.39, 0.29) is 24.9 Å². The van der Waals surface area contributed by atoms with Gasteiger partial charge in [-0.1, -0.05) is 72.8 Å².